The zero-order chi connectivity index (χ0) is 18.5. The minimum Gasteiger partial charge on any atom is -0.268 e. The van der Waals surface area contributed by atoms with Gasteiger partial charge >= 0.3 is 0 Å². The van der Waals surface area contributed by atoms with Crippen molar-refractivity contribution in [3.05, 3.63) is 64.8 Å². The van der Waals surface area contributed by atoms with Crippen LogP contribution in [0.3, 0.4) is 0 Å². The molecule has 5 nitrogen and oxygen atoms in total. The van der Waals surface area contributed by atoms with Gasteiger partial charge in [0.25, 0.3) is 15.9 Å². The van der Waals surface area contributed by atoms with Gasteiger partial charge in [-0.3, -0.25) is 4.79 Å². The molecule has 2 aromatic carbocycles. The Balaban J connectivity index is 1.76. The van der Waals surface area contributed by atoms with Gasteiger partial charge in [-0.2, -0.15) is 0 Å². The molecule has 8 heteroatoms. The summed E-state index contributed by atoms with van der Waals surface area (Å²) in [5.41, 5.74) is 1.40. The largest absolute Gasteiger partial charge is 0.269 e. The van der Waals surface area contributed by atoms with Crippen LogP contribution in [0.1, 0.15) is 15.9 Å². The Morgan fingerprint density at radius 1 is 1.15 bits per heavy atom. The first kappa shape index (κ1) is 17.3. The fraction of sp³-hybridized carbons (Fsp3) is 0.111. The van der Waals surface area contributed by atoms with E-state index >= 15 is 0 Å². The number of sulfonamides is 1. The molecule has 1 aromatic heterocycles. The highest BCUT2D eigenvalue weighted by molar-refractivity contribution is 7.98. The molecule has 3 aromatic rings. The average molecular weight is 405 g/mol. The van der Waals surface area contributed by atoms with Gasteiger partial charge in [-0.05, 0) is 36.6 Å². The lowest BCUT2D eigenvalue weighted by molar-refractivity contribution is 0.0865. The number of carbonyl (C=O) groups is 1. The molecule has 1 aliphatic rings. The van der Waals surface area contributed by atoms with Gasteiger partial charge in [-0.25, -0.2) is 17.7 Å². The first-order valence-corrected chi connectivity index (χ1v) is 10.8. The third kappa shape index (κ3) is 2.67. The number of halogens is 1. The first-order valence-electron chi connectivity index (χ1n) is 7.71. The van der Waals surface area contributed by atoms with Gasteiger partial charge < -0.3 is 0 Å². The van der Waals surface area contributed by atoms with Crippen LogP contribution < -0.4 is 0 Å². The number of fused-ring (bicyclic) bond motifs is 2. The van der Waals surface area contributed by atoms with Crippen molar-refractivity contribution in [2.75, 3.05) is 6.26 Å². The number of hydrogen-bond acceptors (Lipinski definition) is 5. The minimum absolute atomic E-state index is 0.0273. The Morgan fingerprint density at radius 3 is 2.65 bits per heavy atom. The number of nitrogens with zero attached hydrogens (tertiary/aromatic N) is 2. The standard InChI is InChI=1S/C18H13ClN2O3S2/c1-25-13-7-6-11-8-12(17(19)20-15(11)9-13)10-21-18(22)14-4-2-3-5-16(14)26(21,23)24/h2-9H,10H2,1H3. The molecule has 0 fully saturated rings. The van der Waals surface area contributed by atoms with E-state index in [4.69, 9.17) is 11.6 Å². The van der Waals surface area contributed by atoms with Gasteiger partial charge in [-0.1, -0.05) is 29.8 Å². The molecule has 26 heavy (non-hydrogen) atoms. The summed E-state index contributed by atoms with van der Waals surface area (Å²) in [4.78, 5) is 18.0. The van der Waals surface area contributed by atoms with Crippen molar-refractivity contribution in [2.24, 2.45) is 0 Å². The third-order valence-corrected chi connectivity index (χ3v) is 7.12. The van der Waals surface area contributed by atoms with Crippen molar-refractivity contribution in [1.29, 1.82) is 0 Å². The van der Waals surface area contributed by atoms with Crippen LogP contribution in [0.25, 0.3) is 10.9 Å². The van der Waals surface area contributed by atoms with Gasteiger partial charge in [0, 0.05) is 15.8 Å². The highest BCUT2D eigenvalue weighted by atomic mass is 35.5. The lowest BCUT2D eigenvalue weighted by Gasteiger charge is -2.16. The summed E-state index contributed by atoms with van der Waals surface area (Å²) in [6.45, 7) is -0.151. The molecule has 1 aliphatic heterocycles. The molecule has 1 amide bonds. The van der Waals surface area contributed by atoms with Gasteiger partial charge in [0.2, 0.25) is 0 Å². The zero-order valence-corrected chi connectivity index (χ0v) is 16.0. The van der Waals surface area contributed by atoms with Crippen LogP contribution in [-0.4, -0.2) is 29.9 Å². The summed E-state index contributed by atoms with van der Waals surface area (Å²) in [6, 6.07) is 13.8. The lowest BCUT2D eigenvalue weighted by Crippen LogP contribution is -2.29. The molecule has 0 saturated carbocycles. The van der Waals surface area contributed by atoms with Crippen LogP contribution in [0.5, 0.6) is 0 Å². The summed E-state index contributed by atoms with van der Waals surface area (Å²) in [7, 11) is -3.88. The van der Waals surface area contributed by atoms with Crippen LogP contribution in [-0.2, 0) is 16.6 Å². The number of benzene rings is 2. The monoisotopic (exact) mass is 404 g/mol. The SMILES string of the molecule is CSc1ccc2cc(CN3C(=O)c4ccccc4S3(=O)=O)c(Cl)nc2c1. The number of aromatic nitrogens is 1. The highest BCUT2D eigenvalue weighted by Crippen LogP contribution is 2.33. The maximum atomic E-state index is 12.7. The second kappa shape index (κ2) is 6.26. The molecule has 0 atom stereocenters. The predicted octanol–water partition coefficient (Wildman–Crippen LogP) is 3.95. The highest BCUT2D eigenvalue weighted by Gasteiger charge is 2.41. The van der Waals surface area contributed by atoms with Crippen molar-refractivity contribution in [2.45, 2.75) is 16.3 Å². The lowest BCUT2D eigenvalue weighted by atomic mass is 10.1. The van der Waals surface area contributed by atoms with Crippen molar-refractivity contribution in [3.63, 3.8) is 0 Å². The maximum absolute atomic E-state index is 12.7. The molecule has 0 bridgehead atoms. The van der Waals surface area contributed by atoms with E-state index in [9.17, 15) is 13.2 Å². The zero-order valence-electron chi connectivity index (χ0n) is 13.6. The number of thioether (sulfide) groups is 1. The average Bonchev–Trinajstić information content (AvgIpc) is 2.83. The number of hydrogen-bond donors (Lipinski definition) is 0. The van der Waals surface area contributed by atoms with Crippen LogP contribution in [0, 0.1) is 0 Å². The van der Waals surface area contributed by atoms with E-state index in [1.54, 1.807) is 30.0 Å². The van der Waals surface area contributed by atoms with E-state index < -0.39 is 15.9 Å². The van der Waals surface area contributed by atoms with Gasteiger partial charge in [0.05, 0.1) is 17.6 Å². The van der Waals surface area contributed by atoms with Crippen LogP contribution in [0.4, 0.5) is 0 Å². The minimum atomic E-state index is -3.88. The Kier molecular flexibility index (Phi) is 4.17. The molecule has 0 radical (unpaired) electrons. The molecule has 0 spiro atoms. The molecule has 4 rings (SSSR count). The number of rotatable bonds is 3. The quantitative estimate of drug-likeness (QED) is 0.488. The first-order chi connectivity index (χ1) is 12.4. The maximum Gasteiger partial charge on any atom is 0.269 e. The molecule has 0 aliphatic carbocycles. The van der Waals surface area contributed by atoms with Crippen LogP contribution in [0.2, 0.25) is 5.15 Å². The fourth-order valence-corrected chi connectivity index (χ4v) is 5.13. The van der Waals surface area contributed by atoms with E-state index in [0.717, 1.165) is 20.1 Å². The molecule has 0 N–H and O–H groups in total. The van der Waals surface area contributed by atoms with Gasteiger partial charge in [-0.15, -0.1) is 11.8 Å². The van der Waals surface area contributed by atoms with E-state index in [1.165, 1.54) is 12.1 Å². The van der Waals surface area contributed by atoms with E-state index in [-0.39, 0.29) is 22.2 Å². The topological polar surface area (TPSA) is 67.3 Å². The smallest absolute Gasteiger partial charge is 0.268 e. The molecular formula is C18H13ClN2O3S2. The number of pyridine rings is 1. The molecular weight excluding hydrogens is 392 g/mol. The van der Waals surface area contributed by atoms with Crippen LogP contribution >= 0.6 is 23.4 Å². The van der Waals surface area contributed by atoms with Crippen molar-refractivity contribution in [1.82, 2.24) is 9.29 Å². The summed E-state index contributed by atoms with van der Waals surface area (Å²) in [6.07, 6.45) is 1.97. The number of carbonyl (C=O) groups excluding carboxylic acids is 1. The van der Waals surface area contributed by atoms with Gasteiger partial charge in [0.1, 0.15) is 10.0 Å². The van der Waals surface area contributed by atoms with Crippen molar-refractivity contribution >= 4 is 50.2 Å². The van der Waals surface area contributed by atoms with Crippen LogP contribution in [0.15, 0.2) is 58.3 Å². The summed E-state index contributed by atoms with van der Waals surface area (Å²) in [5, 5.41) is 1.03. The second-order valence-electron chi connectivity index (χ2n) is 5.81. The van der Waals surface area contributed by atoms with E-state index in [2.05, 4.69) is 4.98 Å². The summed E-state index contributed by atoms with van der Waals surface area (Å²) < 4.78 is 26.2. The normalized spacial score (nSPS) is 15.5. The molecule has 0 saturated heterocycles. The second-order valence-corrected chi connectivity index (χ2v) is 8.88. The Bertz CT molecular complexity index is 1160. The molecule has 2 heterocycles. The summed E-state index contributed by atoms with van der Waals surface area (Å²) in [5.74, 6) is -0.547. The molecule has 132 valence electrons. The predicted molar refractivity (Wildman–Crippen MR) is 102 cm³/mol. The van der Waals surface area contributed by atoms with Crippen molar-refractivity contribution in [3.8, 4) is 0 Å². The van der Waals surface area contributed by atoms with Gasteiger partial charge in [0.15, 0.2) is 0 Å². The Labute approximate surface area is 160 Å². The third-order valence-electron chi connectivity index (χ3n) is 4.28. The summed E-state index contributed by atoms with van der Waals surface area (Å²) >= 11 is 7.88. The van der Waals surface area contributed by atoms with Crippen molar-refractivity contribution < 1.29 is 13.2 Å². The Morgan fingerprint density at radius 2 is 1.92 bits per heavy atom. The fourth-order valence-electron chi connectivity index (χ4n) is 2.95. The van der Waals surface area contributed by atoms with E-state index in [1.807, 2.05) is 24.5 Å². The Hall–Kier alpha value is -2.09. The number of amides is 1. The molecule has 0 unspecified atom stereocenters. The van der Waals surface area contributed by atoms with E-state index in [0.29, 0.717) is 5.56 Å².